The molecule has 0 radical (unpaired) electrons. The van der Waals surface area contributed by atoms with Gasteiger partial charge in [0.15, 0.2) is 5.43 Å². The fourth-order valence-corrected chi connectivity index (χ4v) is 3.99. The topological polar surface area (TPSA) is 79.2 Å². The summed E-state index contributed by atoms with van der Waals surface area (Å²) in [6, 6.07) is 3.45. The maximum atomic E-state index is 12.9. The quantitative estimate of drug-likeness (QED) is 0.733. The molecule has 2 aliphatic rings. The van der Waals surface area contributed by atoms with Crippen LogP contribution < -0.4 is 11.0 Å². The van der Waals surface area contributed by atoms with Gasteiger partial charge in [-0.15, -0.1) is 0 Å². The zero-order valence-electron chi connectivity index (χ0n) is 15.5. The third kappa shape index (κ3) is 3.06. The summed E-state index contributed by atoms with van der Waals surface area (Å²) in [6.45, 7) is 3.53. The van der Waals surface area contributed by atoms with Crippen LogP contribution in [-0.4, -0.2) is 21.4 Å². The molecule has 7 heteroatoms. The van der Waals surface area contributed by atoms with E-state index in [9.17, 15) is 9.59 Å². The lowest BCUT2D eigenvalue weighted by Gasteiger charge is -2.27. The maximum Gasteiger partial charge on any atom is 0.255 e. The van der Waals surface area contributed by atoms with Crippen LogP contribution in [0.25, 0.3) is 11.0 Å². The van der Waals surface area contributed by atoms with Crippen LogP contribution in [0.4, 0.5) is 0 Å². The summed E-state index contributed by atoms with van der Waals surface area (Å²) >= 11 is 6.18. The van der Waals surface area contributed by atoms with Crippen molar-refractivity contribution in [3.8, 4) is 0 Å². The highest BCUT2D eigenvalue weighted by Crippen LogP contribution is 2.37. The molecule has 144 valence electrons. The van der Waals surface area contributed by atoms with Gasteiger partial charge in [0.1, 0.15) is 11.4 Å². The predicted octanol–water partition coefficient (Wildman–Crippen LogP) is 3.27. The van der Waals surface area contributed by atoms with Crippen molar-refractivity contribution >= 4 is 22.6 Å². The highest BCUT2D eigenvalue weighted by atomic mass is 35.5. The van der Waals surface area contributed by atoms with Crippen LogP contribution in [-0.2, 0) is 19.5 Å². The van der Waals surface area contributed by atoms with Crippen molar-refractivity contribution in [2.45, 2.75) is 45.2 Å². The summed E-state index contributed by atoms with van der Waals surface area (Å²) in [5, 5.41) is 1.03. The number of hydrogen-bond acceptors (Lipinski definition) is 5. The number of aromatic amines is 1. The lowest BCUT2D eigenvalue weighted by molar-refractivity contribution is 0.239. The Kier molecular flexibility index (Phi) is 4.14. The Morgan fingerprint density at radius 2 is 2.14 bits per heavy atom. The average molecular weight is 398 g/mol. The number of fused-ring (bicyclic) bond motifs is 2. The van der Waals surface area contributed by atoms with E-state index in [1.54, 1.807) is 12.1 Å². The summed E-state index contributed by atoms with van der Waals surface area (Å²) in [6.07, 6.45) is 4.44. The monoisotopic (exact) mass is 397 g/mol. The Morgan fingerprint density at radius 1 is 1.32 bits per heavy atom. The summed E-state index contributed by atoms with van der Waals surface area (Å²) in [5.74, 6) is 1.26. The van der Waals surface area contributed by atoms with Crippen LogP contribution >= 0.6 is 11.6 Å². The van der Waals surface area contributed by atoms with E-state index in [2.05, 4.69) is 14.9 Å². The first kappa shape index (κ1) is 17.6. The Balaban J connectivity index is 1.43. The van der Waals surface area contributed by atoms with Gasteiger partial charge in [-0.3, -0.25) is 14.5 Å². The molecule has 0 amide bonds. The van der Waals surface area contributed by atoms with Crippen LogP contribution in [0.3, 0.4) is 0 Å². The molecule has 0 saturated heterocycles. The lowest BCUT2D eigenvalue weighted by atomic mass is 10.1. The number of aromatic nitrogens is 2. The predicted molar refractivity (Wildman–Crippen MR) is 107 cm³/mol. The van der Waals surface area contributed by atoms with Gasteiger partial charge in [0, 0.05) is 42.6 Å². The molecule has 1 saturated carbocycles. The minimum atomic E-state index is -0.0786. The molecule has 28 heavy (non-hydrogen) atoms. The number of aryl methyl sites for hydroxylation is 1. The number of halogens is 1. The standard InChI is InChI=1S/C21H20ClN3O3/c1-11-6-18-14(7-16(11)22)19(26)13(10-28-18)8-25-5-4-17-15(9-25)21(27)24-20(23-17)12-2-3-12/h6-7,10,12H,2-5,8-9H2,1H3,(H,23,24,27). The van der Waals surface area contributed by atoms with Gasteiger partial charge < -0.3 is 9.40 Å². The first-order chi connectivity index (χ1) is 13.5. The van der Waals surface area contributed by atoms with Crippen LogP contribution in [0.15, 0.2) is 32.4 Å². The molecule has 1 fully saturated rings. The molecule has 3 aromatic rings. The van der Waals surface area contributed by atoms with Crippen molar-refractivity contribution in [1.29, 1.82) is 0 Å². The van der Waals surface area contributed by atoms with Gasteiger partial charge in [-0.25, -0.2) is 4.98 Å². The second-order valence-corrected chi connectivity index (χ2v) is 8.21. The normalized spacial score (nSPS) is 17.1. The molecule has 0 bridgehead atoms. The first-order valence-corrected chi connectivity index (χ1v) is 9.92. The van der Waals surface area contributed by atoms with Crippen molar-refractivity contribution in [3.05, 3.63) is 72.2 Å². The van der Waals surface area contributed by atoms with Gasteiger partial charge in [0.05, 0.1) is 22.9 Å². The van der Waals surface area contributed by atoms with Crippen molar-refractivity contribution < 1.29 is 4.42 Å². The molecule has 0 atom stereocenters. The summed E-state index contributed by atoms with van der Waals surface area (Å²) in [7, 11) is 0. The molecule has 1 aromatic carbocycles. The van der Waals surface area contributed by atoms with E-state index in [-0.39, 0.29) is 11.0 Å². The number of nitrogens with zero attached hydrogens (tertiary/aromatic N) is 2. The van der Waals surface area contributed by atoms with Crippen LogP contribution in [0.1, 0.15) is 47.0 Å². The molecule has 5 rings (SSSR count). The Hall–Kier alpha value is -2.44. The minimum Gasteiger partial charge on any atom is -0.464 e. The Labute approximate surface area is 166 Å². The van der Waals surface area contributed by atoms with E-state index in [0.29, 0.717) is 52.5 Å². The lowest BCUT2D eigenvalue weighted by Crippen LogP contribution is -2.36. The van der Waals surface area contributed by atoms with Crippen molar-refractivity contribution in [2.75, 3.05) is 6.54 Å². The zero-order valence-corrected chi connectivity index (χ0v) is 16.3. The summed E-state index contributed by atoms with van der Waals surface area (Å²) < 4.78 is 5.68. The summed E-state index contributed by atoms with van der Waals surface area (Å²) in [5.41, 5.74) is 3.45. The molecule has 3 heterocycles. The third-order valence-electron chi connectivity index (χ3n) is 5.65. The first-order valence-electron chi connectivity index (χ1n) is 9.54. The number of H-pyrrole nitrogens is 1. The van der Waals surface area contributed by atoms with E-state index in [0.717, 1.165) is 36.5 Å². The molecule has 1 aliphatic carbocycles. The number of nitrogens with one attached hydrogen (secondary N) is 1. The van der Waals surface area contributed by atoms with E-state index in [4.69, 9.17) is 16.0 Å². The van der Waals surface area contributed by atoms with Crippen molar-refractivity contribution in [1.82, 2.24) is 14.9 Å². The van der Waals surface area contributed by atoms with Gasteiger partial charge >= 0.3 is 0 Å². The summed E-state index contributed by atoms with van der Waals surface area (Å²) in [4.78, 5) is 35.1. The SMILES string of the molecule is Cc1cc2occ(CN3CCc4nc(C5CC5)[nH]c(=O)c4C3)c(=O)c2cc1Cl. The van der Waals surface area contributed by atoms with Crippen molar-refractivity contribution in [2.24, 2.45) is 0 Å². The molecule has 6 nitrogen and oxygen atoms in total. The van der Waals surface area contributed by atoms with E-state index < -0.39 is 0 Å². The highest BCUT2D eigenvalue weighted by Gasteiger charge is 2.29. The fourth-order valence-electron chi connectivity index (χ4n) is 3.83. The zero-order chi connectivity index (χ0) is 19.4. The Morgan fingerprint density at radius 3 is 2.93 bits per heavy atom. The smallest absolute Gasteiger partial charge is 0.255 e. The molecule has 1 aliphatic heterocycles. The Bertz CT molecular complexity index is 1210. The average Bonchev–Trinajstić information content (AvgIpc) is 3.51. The molecule has 2 aromatic heterocycles. The number of rotatable bonds is 3. The molecule has 0 spiro atoms. The third-order valence-corrected chi connectivity index (χ3v) is 6.06. The molecule has 1 N–H and O–H groups in total. The van der Waals surface area contributed by atoms with E-state index in [1.165, 1.54) is 6.26 Å². The largest absolute Gasteiger partial charge is 0.464 e. The molecular formula is C21H20ClN3O3. The maximum absolute atomic E-state index is 12.9. The van der Waals surface area contributed by atoms with Crippen LogP contribution in [0.5, 0.6) is 0 Å². The van der Waals surface area contributed by atoms with Gasteiger partial charge in [0.25, 0.3) is 5.56 Å². The second-order valence-electron chi connectivity index (χ2n) is 7.80. The van der Waals surface area contributed by atoms with Gasteiger partial charge in [-0.05, 0) is 37.5 Å². The fraction of sp³-hybridized carbons (Fsp3) is 0.381. The van der Waals surface area contributed by atoms with Gasteiger partial charge in [-0.2, -0.15) is 0 Å². The minimum absolute atomic E-state index is 0.0515. The van der Waals surface area contributed by atoms with Crippen LogP contribution in [0, 0.1) is 6.92 Å². The van der Waals surface area contributed by atoms with Crippen LogP contribution in [0.2, 0.25) is 5.02 Å². The number of benzene rings is 1. The molecular weight excluding hydrogens is 378 g/mol. The van der Waals surface area contributed by atoms with E-state index >= 15 is 0 Å². The van der Waals surface area contributed by atoms with Gasteiger partial charge in [-0.1, -0.05) is 11.6 Å². The highest BCUT2D eigenvalue weighted by molar-refractivity contribution is 6.32. The van der Waals surface area contributed by atoms with Gasteiger partial charge in [0.2, 0.25) is 0 Å². The molecule has 0 unspecified atom stereocenters. The van der Waals surface area contributed by atoms with E-state index in [1.807, 2.05) is 6.92 Å². The second kappa shape index (κ2) is 6.57. The van der Waals surface area contributed by atoms with Crippen molar-refractivity contribution in [3.63, 3.8) is 0 Å². The number of hydrogen-bond donors (Lipinski definition) is 1.